The molecule has 1 atom stereocenters. The van der Waals surface area contributed by atoms with Crippen molar-refractivity contribution in [1.29, 1.82) is 0 Å². The topological polar surface area (TPSA) is 3.24 Å². The molecule has 1 saturated heterocycles. The van der Waals surface area contributed by atoms with Crippen molar-refractivity contribution in [2.24, 2.45) is 0 Å². The Bertz CT molecular complexity index is 154. The van der Waals surface area contributed by atoms with Gasteiger partial charge in [0.25, 0.3) is 0 Å². The number of likely N-dealkylation sites (tertiary alicyclic amines) is 1. The average molecular weight is 171 g/mol. The van der Waals surface area contributed by atoms with Crippen molar-refractivity contribution in [2.45, 2.75) is 30.8 Å². The fourth-order valence-electron chi connectivity index (χ4n) is 1.39. The third-order valence-electron chi connectivity index (χ3n) is 1.95. The van der Waals surface area contributed by atoms with Gasteiger partial charge >= 0.3 is 0 Å². The van der Waals surface area contributed by atoms with Gasteiger partial charge in [-0.25, -0.2) is 0 Å². The summed E-state index contributed by atoms with van der Waals surface area (Å²) in [5, 5.41) is 1.53. The summed E-state index contributed by atoms with van der Waals surface area (Å²) < 4.78 is 0. The largest absolute Gasteiger partial charge is 0.377 e. The van der Waals surface area contributed by atoms with Gasteiger partial charge < -0.3 is 4.90 Å². The molecule has 1 aliphatic heterocycles. The molecule has 1 rings (SSSR count). The van der Waals surface area contributed by atoms with Crippen LogP contribution >= 0.6 is 11.8 Å². The van der Waals surface area contributed by atoms with Crippen LogP contribution in [0.15, 0.2) is 12.3 Å². The van der Waals surface area contributed by atoms with Crippen molar-refractivity contribution in [3.63, 3.8) is 0 Å². The summed E-state index contributed by atoms with van der Waals surface area (Å²) in [6, 6.07) is 0. The first-order valence-electron chi connectivity index (χ1n) is 4.14. The molecule has 0 amide bonds. The van der Waals surface area contributed by atoms with E-state index in [1.165, 1.54) is 18.7 Å². The second kappa shape index (κ2) is 3.53. The van der Waals surface area contributed by atoms with Gasteiger partial charge in [0.2, 0.25) is 0 Å². The lowest BCUT2D eigenvalue weighted by Crippen LogP contribution is -2.14. The smallest absolute Gasteiger partial charge is 0.0294 e. The van der Waals surface area contributed by atoms with E-state index in [1.807, 2.05) is 0 Å². The molecule has 1 aliphatic rings. The van der Waals surface area contributed by atoms with Crippen molar-refractivity contribution in [3.05, 3.63) is 12.3 Å². The van der Waals surface area contributed by atoms with Gasteiger partial charge in [-0.3, -0.25) is 0 Å². The molecule has 0 aromatic carbocycles. The van der Waals surface area contributed by atoms with Crippen LogP contribution in [0.5, 0.6) is 0 Å². The summed E-state index contributed by atoms with van der Waals surface area (Å²) in [5.74, 6) is 0. The lowest BCUT2D eigenvalue weighted by atomic mass is 10.3. The van der Waals surface area contributed by atoms with E-state index in [4.69, 9.17) is 0 Å². The molecule has 0 aromatic rings. The Hall–Kier alpha value is -0.110. The molecule has 64 valence electrons. The summed E-state index contributed by atoms with van der Waals surface area (Å²) in [5.41, 5.74) is 1.29. The minimum absolute atomic E-state index is 0.749. The van der Waals surface area contributed by atoms with Crippen LogP contribution in [0, 0.1) is 0 Å². The fourth-order valence-corrected chi connectivity index (χ4v) is 2.76. The maximum Gasteiger partial charge on any atom is 0.0294 e. The highest BCUT2D eigenvalue weighted by molar-refractivity contribution is 8.00. The first-order chi connectivity index (χ1) is 5.09. The Balaban J connectivity index is 2.35. The Kier molecular flexibility index (Phi) is 2.88. The van der Waals surface area contributed by atoms with Gasteiger partial charge in [0.05, 0.1) is 0 Å². The van der Waals surface area contributed by atoms with Gasteiger partial charge in [-0.1, -0.05) is 20.4 Å². The fraction of sp³-hybridized carbons (Fsp3) is 0.778. The summed E-state index contributed by atoms with van der Waals surface area (Å²) in [6.07, 6.45) is 1.18. The summed E-state index contributed by atoms with van der Waals surface area (Å²) in [4.78, 5) is 2.26. The second-order valence-electron chi connectivity index (χ2n) is 3.46. The van der Waals surface area contributed by atoms with Gasteiger partial charge in [-0.2, -0.15) is 11.8 Å². The molecule has 2 heteroatoms. The number of nitrogens with zero attached hydrogens (tertiary/aromatic N) is 1. The van der Waals surface area contributed by atoms with E-state index >= 15 is 0 Å². The molecular weight excluding hydrogens is 154 g/mol. The molecule has 0 aliphatic carbocycles. The molecule has 0 spiro atoms. The third-order valence-corrected chi connectivity index (χ3v) is 3.19. The highest BCUT2D eigenvalue weighted by atomic mass is 32.2. The minimum atomic E-state index is 0.749. The SMILES string of the molecule is C=C1CC(SC(C)C)CN1C. The van der Waals surface area contributed by atoms with Gasteiger partial charge in [-0.05, 0) is 5.25 Å². The monoisotopic (exact) mass is 171 g/mol. The number of thioether (sulfide) groups is 1. The number of hydrogen-bond acceptors (Lipinski definition) is 2. The van der Waals surface area contributed by atoms with E-state index < -0.39 is 0 Å². The Morgan fingerprint density at radius 2 is 2.27 bits per heavy atom. The van der Waals surface area contributed by atoms with E-state index in [9.17, 15) is 0 Å². The molecule has 0 N–H and O–H groups in total. The second-order valence-corrected chi connectivity index (χ2v) is 5.34. The van der Waals surface area contributed by atoms with Crippen molar-refractivity contribution >= 4 is 11.8 Å². The molecule has 0 saturated carbocycles. The van der Waals surface area contributed by atoms with Crippen LogP contribution in [0.4, 0.5) is 0 Å². The molecule has 11 heavy (non-hydrogen) atoms. The van der Waals surface area contributed by atoms with E-state index in [-0.39, 0.29) is 0 Å². The minimum Gasteiger partial charge on any atom is -0.377 e. The summed E-state index contributed by atoms with van der Waals surface area (Å²) in [6.45, 7) is 9.70. The normalized spacial score (nSPS) is 25.3. The molecule has 1 nitrogen and oxygen atoms in total. The van der Waals surface area contributed by atoms with E-state index in [2.05, 4.69) is 44.1 Å². The zero-order chi connectivity index (χ0) is 8.43. The number of allylic oxidation sites excluding steroid dienone is 1. The summed E-state index contributed by atoms with van der Waals surface area (Å²) in [7, 11) is 2.13. The highest BCUT2D eigenvalue weighted by Crippen LogP contribution is 2.30. The maximum atomic E-state index is 4.01. The van der Waals surface area contributed by atoms with Gasteiger partial charge in [0, 0.05) is 31.0 Å². The van der Waals surface area contributed by atoms with Crippen molar-refractivity contribution in [2.75, 3.05) is 13.6 Å². The zero-order valence-corrected chi connectivity index (χ0v) is 8.45. The quantitative estimate of drug-likeness (QED) is 0.627. The Morgan fingerprint density at radius 3 is 2.64 bits per heavy atom. The van der Waals surface area contributed by atoms with Gasteiger partial charge in [-0.15, -0.1) is 0 Å². The summed E-state index contributed by atoms with van der Waals surface area (Å²) >= 11 is 2.07. The van der Waals surface area contributed by atoms with E-state index in [0.29, 0.717) is 0 Å². The van der Waals surface area contributed by atoms with Crippen molar-refractivity contribution < 1.29 is 0 Å². The Labute approximate surface area is 73.8 Å². The predicted molar refractivity (Wildman–Crippen MR) is 52.9 cm³/mol. The van der Waals surface area contributed by atoms with Gasteiger partial charge in [0.15, 0.2) is 0 Å². The van der Waals surface area contributed by atoms with Crippen LogP contribution in [0.25, 0.3) is 0 Å². The molecule has 0 aromatic heterocycles. The highest BCUT2D eigenvalue weighted by Gasteiger charge is 2.23. The third kappa shape index (κ3) is 2.44. The number of hydrogen-bond donors (Lipinski definition) is 0. The van der Waals surface area contributed by atoms with E-state index in [1.54, 1.807) is 0 Å². The maximum absolute atomic E-state index is 4.01. The van der Waals surface area contributed by atoms with E-state index in [0.717, 1.165) is 10.5 Å². The van der Waals surface area contributed by atoms with Crippen LogP contribution in [0.2, 0.25) is 0 Å². The zero-order valence-electron chi connectivity index (χ0n) is 7.63. The molecule has 1 unspecified atom stereocenters. The van der Waals surface area contributed by atoms with Crippen molar-refractivity contribution in [3.8, 4) is 0 Å². The first kappa shape index (κ1) is 8.98. The lowest BCUT2D eigenvalue weighted by molar-refractivity contribution is 0.485. The molecular formula is C9H17NS. The van der Waals surface area contributed by atoms with Crippen LogP contribution in [0.1, 0.15) is 20.3 Å². The van der Waals surface area contributed by atoms with Crippen molar-refractivity contribution in [1.82, 2.24) is 4.90 Å². The van der Waals surface area contributed by atoms with Crippen LogP contribution < -0.4 is 0 Å². The average Bonchev–Trinajstić information content (AvgIpc) is 2.10. The molecule has 0 radical (unpaired) electrons. The molecule has 1 fully saturated rings. The first-order valence-corrected chi connectivity index (χ1v) is 5.08. The molecule has 0 bridgehead atoms. The van der Waals surface area contributed by atoms with Crippen LogP contribution in [-0.4, -0.2) is 29.0 Å². The molecule has 1 heterocycles. The van der Waals surface area contributed by atoms with Crippen LogP contribution in [0.3, 0.4) is 0 Å². The predicted octanol–water partition coefficient (Wildman–Crippen LogP) is 2.35. The van der Waals surface area contributed by atoms with Crippen LogP contribution in [-0.2, 0) is 0 Å². The Morgan fingerprint density at radius 1 is 1.64 bits per heavy atom. The standard InChI is InChI=1S/C9H17NS/c1-7(2)11-9-5-8(3)10(4)6-9/h7,9H,3,5-6H2,1-2,4H3. The number of rotatable bonds is 2. The lowest BCUT2D eigenvalue weighted by Gasteiger charge is -2.12. The van der Waals surface area contributed by atoms with Gasteiger partial charge in [0.1, 0.15) is 0 Å².